The summed E-state index contributed by atoms with van der Waals surface area (Å²) >= 11 is 0. The maximum absolute atomic E-state index is 15.8. The first-order valence-corrected chi connectivity index (χ1v) is 27.4. The van der Waals surface area contributed by atoms with Gasteiger partial charge in [0.25, 0.3) is 5.60 Å². The molecule has 2 saturated heterocycles. The fraction of sp³-hybridized carbons (Fsp3) is 0.559. The quantitative estimate of drug-likeness (QED) is 0.0573. The second kappa shape index (κ2) is 19.6. The van der Waals surface area contributed by atoms with Crippen molar-refractivity contribution in [3.63, 3.8) is 0 Å². The Morgan fingerprint density at radius 3 is 2.73 bits per heavy atom. The van der Waals surface area contributed by atoms with E-state index in [1.807, 2.05) is 37.5 Å². The van der Waals surface area contributed by atoms with Crippen LogP contribution in [0.4, 0.5) is 0 Å². The van der Waals surface area contributed by atoms with E-state index in [-0.39, 0.29) is 54.4 Å². The number of carbonyl (C=O) groups is 3. The minimum atomic E-state index is -2.13. The summed E-state index contributed by atoms with van der Waals surface area (Å²) in [5.74, 6) is 1.40. The Kier molecular flexibility index (Phi) is 13.4. The molecular weight excluding hydrogens is 915 g/mol. The molecule has 6 bridgehead atoms. The highest BCUT2D eigenvalue weighted by Crippen LogP contribution is 2.60. The zero-order chi connectivity index (χ0) is 50.7. The zero-order valence-corrected chi connectivity index (χ0v) is 43.5. The average Bonchev–Trinajstić information content (AvgIpc) is 4.16. The highest BCUT2D eigenvalue weighted by Gasteiger charge is 2.85. The number of esters is 1. The molecule has 0 amide bonds. The molecule has 7 aliphatic heterocycles. The van der Waals surface area contributed by atoms with Crippen LogP contribution < -0.4 is 43.0 Å². The number of hydrogen-bond acceptors (Lipinski definition) is 12. The maximum Gasteiger partial charge on any atom is 0.350 e. The Morgan fingerprint density at radius 2 is 1.92 bits per heavy atom. The lowest BCUT2D eigenvalue weighted by atomic mass is 9.57. The van der Waals surface area contributed by atoms with Gasteiger partial charge in [0.2, 0.25) is 5.78 Å². The monoisotopic (exact) mass is 992 g/mol. The van der Waals surface area contributed by atoms with E-state index in [1.54, 1.807) is 13.1 Å². The van der Waals surface area contributed by atoms with E-state index in [1.165, 1.54) is 16.7 Å². The van der Waals surface area contributed by atoms with E-state index in [0.717, 1.165) is 99.4 Å². The van der Waals surface area contributed by atoms with Crippen molar-refractivity contribution >= 4 is 23.5 Å². The van der Waals surface area contributed by atoms with Crippen molar-refractivity contribution in [2.24, 2.45) is 45.7 Å². The summed E-state index contributed by atoms with van der Waals surface area (Å²) in [6.07, 6.45) is 31.7. The molecule has 9 N–H and O–H groups in total. The molecule has 1 aromatic carbocycles. The summed E-state index contributed by atoms with van der Waals surface area (Å²) in [4.78, 5) is 51.4. The fourth-order valence-corrected chi connectivity index (χ4v) is 14.8. The number of rotatable bonds is 10. The fourth-order valence-electron chi connectivity index (χ4n) is 14.8. The summed E-state index contributed by atoms with van der Waals surface area (Å²) < 4.78 is 13.3. The third-order valence-electron chi connectivity index (χ3n) is 18.3. The molecule has 7 heterocycles. The van der Waals surface area contributed by atoms with Crippen molar-refractivity contribution in [3.05, 3.63) is 129 Å². The highest BCUT2D eigenvalue weighted by atomic mass is 16.7. The number of benzene rings is 1. The van der Waals surface area contributed by atoms with Gasteiger partial charge in [0, 0.05) is 55.8 Å². The highest BCUT2D eigenvalue weighted by molar-refractivity contribution is 6.33. The largest absolute Gasteiger partial charge is 0.463 e. The molecule has 12 rings (SSSR count). The Labute approximate surface area is 431 Å². The first-order chi connectivity index (χ1) is 35.3. The van der Waals surface area contributed by atoms with E-state index < -0.39 is 28.5 Å². The van der Waals surface area contributed by atoms with E-state index in [2.05, 4.69) is 106 Å². The van der Waals surface area contributed by atoms with Gasteiger partial charge in [-0.2, -0.15) is 0 Å². The van der Waals surface area contributed by atoms with Crippen LogP contribution in [0.5, 0.6) is 0 Å². The molecule has 11 aliphatic rings. The maximum atomic E-state index is 15.8. The van der Waals surface area contributed by atoms with Crippen LogP contribution in [-0.2, 0) is 20.7 Å². The number of epoxide rings is 1. The topological polar surface area (TPSA) is 196 Å². The molecule has 1 unspecified atom stereocenters. The second-order valence-electron chi connectivity index (χ2n) is 23.0. The molecule has 4 aliphatic carbocycles. The number of ketones is 2. The third kappa shape index (κ3) is 8.67. The van der Waals surface area contributed by atoms with Crippen molar-refractivity contribution in [2.75, 3.05) is 40.3 Å². The smallest absolute Gasteiger partial charge is 0.350 e. The van der Waals surface area contributed by atoms with Crippen molar-refractivity contribution in [1.29, 1.82) is 0 Å². The molecule has 2 fully saturated rings. The van der Waals surface area contributed by atoms with Gasteiger partial charge in [-0.15, -0.1) is 0 Å². The second-order valence-corrected chi connectivity index (χ2v) is 23.0. The van der Waals surface area contributed by atoms with Crippen LogP contribution in [0.1, 0.15) is 118 Å². The van der Waals surface area contributed by atoms with Gasteiger partial charge in [-0.25, -0.2) is 4.79 Å². The van der Waals surface area contributed by atoms with Crippen LogP contribution in [0, 0.1) is 35.0 Å². The van der Waals surface area contributed by atoms with E-state index in [0.29, 0.717) is 48.3 Å². The lowest BCUT2D eigenvalue weighted by molar-refractivity contribution is -0.150. The number of likely N-dealkylation sites (N-methyl/N-ethyl adjacent to an activating group) is 1. The number of dihydropyridines is 2. The molecule has 73 heavy (non-hydrogen) atoms. The van der Waals surface area contributed by atoms with Crippen LogP contribution in [0.2, 0.25) is 0 Å². The Balaban J connectivity index is 0.979. The van der Waals surface area contributed by atoms with Gasteiger partial charge in [-0.3, -0.25) is 14.6 Å². The number of guanidine groups is 1. The minimum Gasteiger partial charge on any atom is -0.463 e. The molecule has 12 atom stereocenters. The number of allylic oxidation sites excluding steroid dienone is 7. The number of fused-ring (bicyclic) bond motifs is 6. The minimum absolute atomic E-state index is 0.0386. The van der Waals surface area contributed by atoms with Gasteiger partial charge in [0.05, 0.1) is 24.5 Å². The number of carbonyl (C=O) groups excluding carboxylic acids is 3. The van der Waals surface area contributed by atoms with Crippen LogP contribution in [0.3, 0.4) is 0 Å². The Hall–Kier alpha value is -5.54. The van der Waals surface area contributed by atoms with Crippen LogP contribution >= 0.6 is 0 Å². The SMILES string of the molecule is CCN[C@H]1C=C2C=CC[C@H]3[C@H]2[C@@H]2C=C[C@H]3CCC[C@@](C)(CC3=CNC(N)C=C3)Cc3cccc4c3C(=O)[C@]3(O[C@@]3(C/C=C(\C)C[C@]3(C5=CCNC6=C5CC[C@H](NC)N6)CCCNC(=NC)N3)C4=O)C(=O)OC[C@@H]21. The number of nitrogens with zero attached hydrogens (tertiary/aromatic N) is 1. The number of nitrogens with two attached hydrogens (primary N) is 1. The van der Waals surface area contributed by atoms with Gasteiger partial charge in [-0.05, 0) is 148 Å². The van der Waals surface area contributed by atoms with Crippen molar-refractivity contribution < 1.29 is 23.9 Å². The van der Waals surface area contributed by atoms with E-state index in [4.69, 9.17) is 15.2 Å². The molecule has 14 heteroatoms. The molecule has 14 nitrogen and oxygen atoms in total. The van der Waals surface area contributed by atoms with E-state index in [9.17, 15) is 0 Å². The van der Waals surface area contributed by atoms with Crippen LogP contribution in [0.15, 0.2) is 118 Å². The summed E-state index contributed by atoms with van der Waals surface area (Å²) in [6, 6.07) is 5.58. The Morgan fingerprint density at radius 1 is 1.04 bits per heavy atom. The number of nitrogens with one attached hydrogen (secondary N) is 7. The molecule has 0 saturated carbocycles. The van der Waals surface area contributed by atoms with E-state index >= 15 is 14.4 Å². The van der Waals surface area contributed by atoms with Gasteiger partial charge < -0.3 is 52.4 Å². The van der Waals surface area contributed by atoms with Gasteiger partial charge >= 0.3 is 5.97 Å². The summed E-state index contributed by atoms with van der Waals surface area (Å²) in [5.41, 5.74) is 8.83. The molecule has 1 spiro atoms. The summed E-state index contributed by atoms with van der Waals surface area (Å²) in [5, 5.41) is 25.0. The Bertz CT molecular complexity index is 2710. The number of hydrogen-bond donors (Lipinski definition) is 8. The van der Waals surface area contributed by atoms with Crippen molar-refractivity contribution in [3.8, 4) is 0 Å². The van der Waals surface area contributed by atoms with Crippen LogP contribution in [0.25, 0.3) is 0 Å². The lowest BCUT2D eigenvalue weighted by Crippen LogP contribution is -2.55. The van der Waals surface area contributed by atoms with Crippen molar-refractivity contribution in [1.82, 2.24) is 37.2 Å². The van der Waals surface area contributed by atoms with Gasteiger partial charge in [0.1, 0.15) is 5.82 Å². The number of aliphatic imine (C=N–C) groups is 1. The molecular formula is C59H77N9O5. The third-order valence-corrected chi connectivity index (χ3v) is 18.3. The predicted molar refractivity (Wildman–Crippen MR) is 285 cm³/mol. The van der Waals surface area contributed by atoms with Gasteiger partial charge in [0.15, 0.2) is 17.3 Å². The first kappa shape index (κ1) is 49.7. The predicted octanol–water partition coefficient (Wildman–Crippen LogP) is 6.19. The van der Waals surface area contributed by atoms with Gasteiger partial charge in [-0.1, -0.05) is 92.6 Å². The summed E-state index contributed by atoms with van der Waals surface area (Å²) in [6.45, 7) is 8.80. The molecule has 0 aromatic heterocycles. The average molecular weight is 992 g/mol. The normalized spacial score (nSPS) is 38.2. The molecule has 1 aromatic rings. The number of Topliss-reactive ketones (excluding diaryl/α,β-unsaturated/α-hetero) is 2. The van der Waals surface area contributed by atoms with Crippen molar-refractivity contribution in [2.45, 2.75) is 133 Å². The first-order valence-electron chi connectivity index (χ1n) is 27.4. The zero-order valence-electron chi connectivity index (χ0n) is 43.5. The van der Waals surface area contributed by atoms with Crippen LogP contribution in [-0.4, -0.2) is 98.9 Å². The number of ether oxygens (including phenoxy) is 2. The molecule has 0 radical (unpaired) electrons. The lowest BCUT2D eigenvalue weighted by Gasteiger charge is -2.49. The standard InChI is InChI=1S/C59H77N9O5/c1-6-63-46-29-38-11-7-14-40-37-13-9-24-56(3,31-36-16-20-47(60)66-33-36)32-39-12-8-15-43-50(39)52(70)59(54(71)72-34-44(46)41(18-17-37)49(38)40)58(73-59,51(43)69)26-22-35(2)30-57(25-10-27-65-55(62-5)68-57)45-23-28-64-53-42(45)19-21-48(61-4)67-53/h7-8,11-12,15-18,20,22-23,29,33,37,40-41,44,46-49,61,63-64,66-67H,6,9-10,13-14,19,21,24-28,30-32,34,60H2,1-5H3,(H2,62,65,68)/b35-22+/t37-,40-,41-,44+,46+,47?,48-,49+,56+,57+,58+,59+/m1/s1. The summed E-state index contributed by atoms with van der Waals surface area (Å²) in [7, 11) is 3.78. The molecule has 388 valence electrons.